The first-order valence-corrected chi connectivity index (χ1v) is 13.6. The van der Waals surface area contributed by atoms with E-state index in [1.54, 1.807) is 28.9 Å². The molecule has 6 nitrogen and oxygen atoms in total. The number of hydrogen-bond donors (Lipinski definition) is 2. The lowest BCUT2D eigenvalue weighted by Gasteiger charge is -2.13. The van der Waals surface area contributed by atoms with Gasteiger partial charge in [-0.25, -0.2) is 4.98 Å². The Labute approximate surface area is 243 Å². The SMILES string of the molecule is O=C(Cc1ccc(Cl)c(Cl)c1)NCc1cccc(CNc2cc(-c3ccccc3Cl)nc3c(Br)cnn23)c1. The number of carbonyl (C=O) groups excluding carboxylic acids is 1. The summed E-state index contributed by atoms with van der Waals surface area (Å²) in [6.07, 6.45) is 1.94. The fourth-order valence-electron chi connectivity index (χ4n) is 4.01. The third-order valence-electron chi connectivity index (χ3n) is 5.88. The number of aromatic nitrogens is 3. The van der Waals surface area contributed by atoms with Crippen LogP contribution in [0.1, 0.15) is 16.7 Å². The van der Waals surface area contributed by atoms with Gasteiger partial charge in [0.15, 0.2) is 5.65 Å². The van der Waals surface area contributed by atoms with E-state index in [4.69, 9.17) is 39.8 Å². The number of nitrogens with one attached hydrogen (secondary N) is 2. The minimum atomic E-state index is -0.0949. The van der Waals surface area contributed by atoms with E-state index in [0.29, 0.717) is 33.8 Å². The minimum Gasteiger partial charge on any atom is -0.366 e. The third-order valence-corrected chi connectivity index (χ3v) is 7.51. The largest absolute Gasteiger partial charge is 0.366 e. The number of hydrogen-bond acceptors (Lipinski definition) is 4. The fourth-order valence-corrected chi connectivity index (χ4v) is 4.91. The smallest absolute Gasteiger partial charge is 0.224 e. The van der Waals surface area contributed by atoms with Crippen molar-refractivity contribution in [3.05, 3.63) is 115 Å². The molecule has 1 amide bonds. The average molecular weight is 630 g/mol. The number of carbonyl (C=O) groups is 1. The number of rotatable bonds is 8. The second kappa shape index (κ2) is 11.7. The van der Waals surface area contributed by atoms with Crippen LogP contribution >= 0.6 is 50.7 Å². The lowest BCUT2D eigenvalue weighted by Crippen LogP contribution is -2.24. The lowest BCUT2D eigenvalue weighted by atomic mass is 10.1. The minimum absolute atomic E-state index is 0.0949. The van der Waals surface area contributed by atoms with Crippen LogP contribution in [-0.4, -0.2) is 20.5 Å². The van der Waals surface area contributed by atoms with Gasteiger partial charge >= 0.3 is 0 Å². The molecular weight excluding hydrogens is 609 g/mol. The van der Waals surface area contributed by atoms with Crippen molar-refractivity contribution in [2.24, 2.45) is 0 Å². The molecule has 0 bridgehead atoms. The number of amides is 1. The Balaban J connectivity index is 1.28. The highest BCUT2D eigenvalue weighted by molar-refractivity contribution is 9.10. The Morgan fingerprint density at radius 1 is 0.842 bits per heavy atom. The van der Waals surface area contributed by atoms with Crippen molar-refractivity contribution < 1.29 is 4.79 Å². The molecule has 5 aromatic rings. The Hall–Kier alpha value is -3.10. The molecule has 0 spiro atoms. The highest BCUT2D eigenvalue weighted by Crippen LogP contribution is 2.30. The van der Waals surface area contributed by atoms with Crippen molar-refractivity contribution in [1.82, 2.24) is 19.9 Å². The van der Waals surface area contributed by atoms with Crippen LogP contribution in [0, 0.1) is 0 Å². The van der Waals surface area contributed by atoms with E-state index in [0.717, 1.165) is 38.2 Å². The molecule has 192 valence electrons. The van der Waals surface area contributed by atoms with E-state index in [1.165, 1.54) is 0 Å². The summed E-state index contributed by atoms with van der Waals surface area (Å²) in [7, 11) is 0. The van der Waals surface area contributed by atoms with Crippen molar-refractivity contribution in [2.75, 3.05) is 5.32 Å². The normalized spacial score (nSPS) is 11.1. The van der Waals surface area contributed by atoms with Crippen LogP contribution in [0.4, 0.5) is 5.82 Å². The van der Waals surface area contributed by atoms with Gasteiger partial charge in [0.1, 0.15) is 5.82 Å². The van der Waals surface area contributed by atoms with Gasteiger partial charge in [0.2, 0.25) is 5.91 Å². The van der Waals surface area contributed by atoms with Crippen LogP contribution in [0.15, 0.2) is 83.5 Å². The molecule has 0 radical (unpaired) electrons. The zero-order chi connectivity index (χ0) is 26.6. The number of halogens is 4. The van der Waals surface area contributed by atoms with Gasteiger partial charge in [-0.1, -0.05) is 83.3 Å². The van der Waals surface area contributed by atoms with Crippen molar-refractivity contribution >= 4 is 68.1 Å². The second-order valence-corrected chi connectivity index (χ2v) is 10.7. The molecule has 0 aliphatic carbocycles. The van der Waals surface area contributed by atoms with Crippen LogP contribution in [-0.2, 0) is 24.3 Å². The second-order valence-electron chi connectivity index (χ2n) is 8.61. The molecule has 2 aromatic heterocycles. The summed E-state index contributed by atoms with van der Waals surface area (Å²) >= 11 is 22.0. The predicted octanol–water partition coefficient (Wildman–Crippen LogP) is 7.59. The van der Waals surface area contributed by atoms with Crippen LogP contribution < -0.4 is 10.6 Å². The van der Waals surface area contributed by atoms with E-state index in [-0.39, 0.29) is 12.3 Å². The van der Waals surface area contributed by atoms with Gasteiger partial charge < -0.3 is 10.6 Å². The van der Waals surface area contributed by atoms with Crippen LogP contribution in [0.5, 0.6) is 0 Å². The van der Waals surface area contributed by atoms with E-state index in [9.17, 15) is 4.79 Å². The van der Waals surface area contributed by atoms with Gasteiger partial charge in [0.25, 0.3) is 0 Å². The summed E-state index contributed by atoms with van der Waals surface area (Å²) < 4.78 is 2.53. The summed E-state index contributed by atoms with van der Waals surface area (Å²) in [5.41, 5.74) is 5.11. The van der Waals surface area contributed by atoms with E-state index in [1.807, 2.05) is 48.5 Å². The molecule has 5 rings (SSSR count). The molecule has 38 heavy (non-hydrogen) atoms. The average Bonchev–Trinajstić information content (AvgIpc) is 3.29. The van der Waals surface area contributed by atoms with Gasteiger partial charge in [-0.15, -0.1) is 0 Å². The highest BCUT2D eigenvalue weighted by Gasteiger charge is 2.13. The Kier molecular flexibility index (Phi) is 8.19. The Morgan fingerprint density at radius 2 is 1.63 bits per heavy atom. The zero-order valence-electron chi connectivity index (χ0n) is 19.9. The molecular formula is C28H21BrCl3N5O. The highest BCUT2D eigenvalue weighted by atomic mass is 79.9. The molecule has 3 aromatic carbocycles. The predicted molar refractivity (Wildman–Crippen MR) is 157 cm³/mol. The van der Waals surface area contributed by atoms with Crippen molar-refractivity contribution in [3.8, 4) is 11.3 Å². The molecule has 0 unspecified atom stereocenters. The molecule has 0 aliphatic rings. The van der Waals surface area contributed by atoms with Gasteiger partial charge in [-0.05, 0) is 50.8 Å². The van der Waals surface area contributed by atoms with Gasteiger partial charge in [0, 0.05) is 29.7 Å². The van der Waals surface area contributed by atoms with Crippen molar-refractivity contribution in [3.63, 3.8) is 0 Å². The summed E-state index contributed by atoms with van der Waals surface area (Å²) in [5, 5.41) is 12.4. The topological polar surface area (TPSA) is 71.3 Å². The quantitative estimate of drug-likeness (QED) is 0.186. The number of benzene rings is 3. The standard InChI is InChI=1S/C28H21BrCl3N5O/c29-21-16-35-37-26(13-25(36-28(21)37)20-6-1-2-7-22(20)30)33-14-18-4-3-5-19(10-18)15-34-27(38)12-17-8-9-23(31)24(32)11-17/h1-11,13,16,33H,12,14-15H2,(H,34,38). The molecule has 0 aliphatic heterocycles. The molecule has 2 N–H and O–H groups in total. The first kappa shape index (κ1) is 26.5. The first-order chi connectivity index (χ1) is 18.4. The molecule has 10 heteroatoms. The van der Waals surface area contributed by atoms with Gasteiger partial charge in [-0.3, -0.25) is 4.79 Å². The number of fused-ring (bicyclic) bond motifs is 1. The summed E-state index contributed by atoms with van der Waals surface area (Å²) in [6, 6.07) is 22.8. The van der Waals surface area contributed by atoms with E-state index in [2.05, 4.69) is 37.7 Å². The van der Waals surface area contributed by atoms with Crippen LogP contribution in [0.3, 0.4) is 0 Å². The first-order valence-electron chi connectivity index (χ1n) is 11.7. The van der Waals surface area contributed by atoms with E-state index >= 15 is 0 Å². The maximum atomic E-state index is 12.4. The molecule has 0 saturated heterocycles. The third kappa shape index (κ3) is 6.13. The van der Waals surface area contributed by atoms with Crippen LogP contribution in [0.2, 0.25) is 15.1 Å². The number of anilines is 1. The fraction of sp³-hybridized carbons (Fsp3) is 0.107. The van der Waals surface area contributed by atoms with Gasteiger partial charge in [-0.2, -0.15) is 9.61 Å². The van der Waals surface area contributed by atoms with Gasteiger partial charge in [0.05, 0.1) is 32.8 Å². The summed E-state index contributed by atoms with van der Waals surface area (Å²) in [5.74, 6) is 0.679. The Bertz CT molecular complexity index is 1640. The molecule has 0 atom stereocenters. The molecule has 0 saturated carbocycles. The molecule has 2 heterocycles. The summed E-state index contributed by atoms with van der Waals surface area (Å²) in [4.78, 5) is 17.2. The van der Waals surface area contributed by atoms with Crippen molar-refractivity contribution in [1.29, 1.82) is 0 Å². The monoisotopic (exact) mass is 627 g/mol. The zero-order valence-corrected chi connectivity index (χ0v) is 23.7. The summed E-state index contributed by atoms with van der Waals surface area (Å²) in [6.45, 7) is 0.958. The maximum absolute atomic E-state index is 12.4. The Morgan fingerprint density at radius 3 is 2.42 bits per heavy atom. The number of nitrogens with zero attached hydrogens (tertiary/aromatic N) is 3. The molecule has 0 fully saturated rings. The maximum Gasteiger partial charge on any atom is 0.224 e. The van der Waals surface area contributed by atoms with Crippen molar-refractivity contribution in [2.45, 2.75) is 19.5 Å². The lowest BCUT2D eigenvalue weighted by molar-refractivity contribution is -0.120. The van der Waals surface area contributed by atoms with Crippen LogP contribution in [0.25, 0.3) is 16.9 Å². The van der Waals surface area contributed by atoms with E-state index < -0.39 is 0 Å².